The standard InChI is InChI=1S/C21H31N5O2.HI/c1-17(2)19-6-4-5-7-20(19)27-15-9-23-21(22-3)26-12-10-25(11-13-26)16-18-8-14-28-24-18;/h4-8,14,17H,9-13,15-16H2,1-3H3,(H,22,23);1H. The van der Waals surface area contributed by atoms with Crippen LogP contribution in [-0.2, 0) is 6.54 Å². The Morgan fingerprint density at radius 2 is 1.97 bits per heavy atom. The average Bonchev–Trinajstić information content (AvgIpc) is 3.22. The quantitative estimate of drug-likeness (QED) is 0.266. The summed E-state index contributed by atoms with van der Waals surface area (Å²) >= 11 is 0. The second-order valence-electron chi connectivity index (χ2n) is 7.27. The van der Waals surface area contributed by atoms with E-state index < -0.39 is 0 Å². The summed E-state index contributed by atoms with van der Waals surface area (Å²) in [6, 6.07) is 10.2. The molecule has 8 heteroatoms. The van der Waals surface area contributed by atoms with Crippen molar-refractivity contribution in [3.05, 3.63) is 47.9 Å². The molecule has 1 saturated heterocycles. The molecule has 2 aromatic rings. The Hall–Kier alpha value is -1.81. The van der Waals surface area contributed by atoms with E-state index in [-0.39, 0.29) is 24.0 Å². The van der Waals surface area contributed by atoms with Crippen molar-refractivity contribution < 1.29 is 9.26 Å². The summed E-state index contributed by atoms with van der Waals surface area (Å²) in [5, 5.41) is 7.42. The molecule has 0 radical (unpaired) electrons. The third-order valence-electron chi connectivity index (χ3n) is 4.94. The lowest BCUT2D eigenvalue weighted by atomic mass is 10.0. The molecule has 29 heavy (non-hydrogen) atoms. The fraction of sp³-hybridized carbons (Fsp3) is 0.524. The van der Waals surface area contributed by atoms with Crippen molar-refractivity contribution >= 4 is 29.9 Å². The zero-order chi connectivity index (χ0) is 19.8. The number of rotatable bonds is 7. The summed E-state index contributed by atoms with van der Waals surface area (Å²) in [7, 11) is 1.83. The van der Waals surface area contributed by atoms with Gasteiger partial charge in [0.05, 0.1) is 12.2 Å². The van der Waals surface area contributed by atoms with Crippen molar-refractivity contribution in [2.24, 2.45) is 4.99 Å². The number of piperazine rings is 1. The molecule has 0 atom stereocenters. The molecule has 0 amide bonds. The van der Waals surface area contributed by atoms with Crippen LogP contribution >= 0.6 is 24.0 Å². The molecule has 1 aliphatic heterocycles. The minimum atomic E-state index is 0. The Morgan fingerprint density at radius 1 is 1.21 bits per heavy atom. The van der Waals surface area contributed by atoms with Crippen LogP contribution in [0, 0.1) is 0 Å². The molecule has 2 heterocycles. The van der Waals surface area contributed by atoms with E-state index in [1.165, 1.54) is 5.56 Å². The van der Waals surface area contributed by atoms with Crippen molar-refractivity contribution in [1.82, 2.24) is 20.3 Å². The van der Waals surface area contributed by atoms with Crippen LogP contribution < -0.4 is 10.1 Å². The molecular formula is C21H32IN5O2. The zero-order valence-corrected chi connectivity index (χ0v) is 19.8. The van der Waals surface area contributed by atoms with E-state index >= 15 is 0 Å². The van der Waals surface area contributed by atoms with Gasteiger partial charge >= 0.3 is 0 Å². The maximum atomic E-state index is 6.00. The number of guanidine groups is 1. The highest BCUT2D eigenvalue weighted by molar-refractivity contribution is 14.0. The number of hydrogen-bond donors (Lipinski definition) is 1. The molecular weight excluding hydrogens is 481 g/mol. The highest BCUT2D eigenvalue weighted by atomic mass is 127. The van der Waals surface area contributed by atoms with Gasteiger partial charge in [0.25, 0.3) is 0 Å². The lowest BCUT2D eigenvalue weighted by Gasteiger charge is -2.36. The molecule has 7 nitrogen and oxygen atoms in total. The Morgan fingerprint density at radius 3 is 2.62 bits per heavy atom. The van der Waals surface area contributed by atoms with Gasteiger partial charge in [0.1, 0.15) is 18.6 Å². The van der Waals surface area contributed by atoms with Crippen molar-refractivity contribution in [2.45, 2.75) is 26.3 Å². The number of aromatic nitrogens is 1. The Kier molecular flexibility index (Phi) is 9.72. The first-order valence-corrected chi connectivity index (χ1v) is 9.96. The molecule has 1 fully saturated rings. The van der Waals surface area contributed by atoms with Gasteiger partial charge in [0.2, 0.25) is 0 Å². The van der Waals surface area contributed by atoms with Gasteiger partial charge in [-0.15, -0.1) is 24.0 Å². The van der Waals surface area contributed by atoms with E-state index in [2.05, 4.69) is 51.2 Å². The molecule has 0 bridgehead atoms. The van der Waals surface area contributed by atoms with Gasteiger partial charge in [-0.3, -0.25) is 9.89 Å². The predicted octanol–water partition coefficient (Wildman–Crippen LogP) is 3.19. The number of benzene rings is 1. The SMILES string of the molecule is CN=C(NCCOc1ccccc1C(C)C)N1CCN(Cc2ccon2)CC1.I. The van der Waals surface area contributed by atoms with Crippen molar-refractivity contribution in [2.75, 3.05) is 46.4 Å². The van der Waals surface area contributed by atoms with Gasteiger partial charge in [0.15, 0.2) is 5.96 Å². The van der Waals surface area contributed by atoms with Crippen LogP contribution in [0.4, 0.5) is 0 Å². The number of hydrogen-bond acceptors (Lipinski definition) is 5. The molecule has 1 aromatic carbocycles. The fourth-order valence-electron chi connectivity index (χ4n) is 3.41. The highest BCUT2D eigenvalue weighted by Crippen LogP contribution is 2.25. The number of nitrogens with zero attached hydrogens (tertiary/aromatic N) is 4. The molecule has 3 rings (SSSR count). The smallest absolute Gasteiger partial charge is 0.193 e. The Balaban J connectivity index is 0.00000300. The Bertz CT molecular complexity index is 743. The van der Waals surface area contributed by atoms with Crippen LogP contribution in [0.5, 0.6) is 5.75 Å². The third-order valence-corrected chi connectivity index (χ3v) is 4.94. The van der Waals surface area contributed by atoms with Crippen LogP contribution in [-0.4, -0.2) is 67.3 Å². The topological polar surface area (TPSA) is 66.1 Å². The first kappa shape index (κ1) is 23.5. The second-order valence-corrected chi connectivity index (χ2v) is 7.27. The summed E-state index contributed by atoms with van der Waals surface area (Å²) in [6.45, 7) is 10.4. The first-order valence-electron chi connectivity index (χ1n) is 9.96. The van der Waals surface area contributed by atoms with Gasteiger partial charge in [-0.2, -0.15) is 0 Å². The van der Waals surface area contributed by atoms with Gasteiger partial charge in [-0.05, 0) is 17.5 Å². The molecule has 160 valence electrons. The summed E-state index contributed by atoms with van der Waals surface area (Å²) in [6.07, 6.45) is 1.62. The molecule has 0 unspecified atom stereocenters. The van der Waals surface area contributed by atoms with E-state index in [0.29, 0.717) is 12.5 Å². The number of nitrogens with one attached hydrogen (secondary N) is 1. The van der Waals surface area contributed by atoms with Gasteiger partial charge < -0.3 is 19.5 Å². The molecule has 0 aliphatic carbocycles. The van der Waals surface area contributed by atoms with E-state index in [0.717, 1.165) is 56.7 Å². The summed E-state index contributed by atoms with van der Waals surface area (Å²) in [5.74, 6) is 2.35. The number of aliphatic imine (C=N–C) groups is 1. The minimum absolute atomic E-state index is 0. The largest absolute Gasteiger partial charge is 0.491 e. The summed E-state index contributed by atoms with van der Waals surface area (Å²) < 4.78 is 10.9. The number of halogens is 1. The van der Waals surface area contributed by atoms with Crippen LogP contribution in [0.2, 0.25) is 0 Å². The molecule has 1 aliphatic rings. The predicted molar refractivity (Wildman–Crippen MR) is 126 cm³/mol. The van der Waals surface area contributed by atoms with E-state index in [4.69, 9.17) is 9.26 Å². The van der Waals surface area contributed by atoms with Crippen molar-refractivity contribution in [1.29, 1.82) is 0 Å². The summed E-state index contributed by atoms with van der Waals surface area (Å²) in [5.41, 5.74) is 2.23. The maximum Gasteiger partial charge on any atom is 0.193 e. The number of ether oxygens (including phenoxy) is 1. The lowest BCUT2D eigenvalue weighted by Crippen LogP contribution is -2.52. The van der Waals surface area contributed by atoms with Gasteiger partial charge in [0, 0.05) is 45.8 Å². The zero-order valence-electron chi connectivity index (χ0n) is 17.5. The van der Waals surface area contributed by atoms with Gasteiger partial charge in [-0.25, -0.2) is 0 Å². The van der Waals surface area contributed by atoms with Crippen LogP contribution in [0.1, 0.15) is 31.0 Å². The molecule has 0 saturated carbocycles. The molecule has 1 aromatic heterocycles. The first-order chi connectivity index (χ1) is 13.7. The Labute approximate surface area is 190 Å². The fourth-order valence-corrected chi connectivity index (χ4v) is 3.41. The summed E-state index contributed by atoms with van der Waals surface area (Å²) in [4.78, 5) is 9.11. The monoisotopic (exact) mass is 513 g/mol. The highest BCUT2D eigenvalue weighted by Gasteiger charge is 2.20. The lowest BCUT2D eigenvalue weighted by molar-refractivity contribution is 0.168. The molecule has 0 spiro atoms. The molecule has 1 N–H and O–H groups in total. The van der Waals surface area contributed by atoms with Crippen molar-refractivity contribution in [3.63, 3.8) is 0 Å². The second kappa shape index (κ2) is 12.0. The van der Waals surface area contributed by atoms with E-state index in [1.807, 2.05) is 25.2 Å². The normalized spacial score (nSPS) is 15.3. The third kappa shape index (κ3) is 6.88. The van der Waals surface area contributed by atoms with Crippen LogP contribution in [0.15, 0.2) is 46.1 Å². The maximum absolute atomic E-state index is 6.00. The van der Waals surface area contributed by atoms with Crippen LogP contribution in [0.3, 0.4) is 0 Å². The minimum Gasteiger partial charge on any atom is -0.491 e. The number of para-hydroxylation sites is 1. The van der Waals surface area contributed by atoms with Gasteiger partial charge in [-0.1, -0.05) is 37.2 Å². The van der Waals surface area contributed by atoms with Crippen LogP contribution in [0.25, 0.3) is 0 Å². The average molecular weight is 513 g/mol. The van der Waals surface area contributed by atoms with Crippen molar-refractivity contribution in [3.8, 4) is 5.75 Å². The van der Waals surface area contributed by atoms with E-state index in [9.17, 15) is 0 Å². The van der Waals surface area contributed by atoms with E-state index in [1.54, 1.807) is 6.26 Å².